The molecule has 0 saturated carbocycles. The maximum Gasteiger partial charge on any atom is 0.410 e. The van der Waals surface area contributed by atoms with Gasteiger partial charge in [0.1, 0.15) is 16.3 Å². The van der Waals surface area contributed by atoms with Gasteiger partial charge in [-0.25, -0.2) is 14.2 Å². The average molecular weight is 481 g/mol. The Morgan fingerprint density at radius 2 is 1.88 bits per heavy atom. The first kappa shape index (κ1) is 26.4. The lowest BCUT2D eigenvalue weighted by atomic mass is 10.1. The van der Waals surface area contributed by atoms with Crippen molar-refractivity contribution < 1.29 is 23.5 Å². The summed E-state index contributed by atoms with van der Waals surface area (Å²) in [6.45, 7) is 10.6. The van der Waals surface area contributed by atoms with Crippen molar-refractivity contribution >= 4 is 34.2 Å². The zero-order chi connectivity index (χ0) is 24.8. The Morgan fingerprint density at radius 1 is 1.24 bits per heavy atom. The molecule has 2 heterocycles. The van der Waals surface area contributed by atoms with E-state index in [9.17, 15) is 14.0 Å². The number of likely N-dealkylation sites (tertiary alicyclic amines) is 1. The molecule has 10 heteroatoms. The fourth-order valence-electron chi connectivity index (χ4n) is 3.20. The van der Waals surface area contributed by atoms with Gasteiger partial charge < -0.3 is 25.4 Å². The highest BCUT2D eigenvalue weighted by atomic mass is 32.1. The van der Waals surface area contributed by atoms with Crippen molar-refractivity contribution in [2.75, 3.05) is 31.2 Å². The van der Waals surface area contributed by atoms with Gasteiger partial charge in [-0.15, -0.1) is 0 Å². The Labute approximate surface area is 198 Å². The van der Waals surface area contributed by atoms with Crippen molar-refractivity contribution in [3.05, 3.63) is 34.5 Å². The van der Waals surface area contributed by atoms with E-state index in [4.69, 9.17) is 15.2 Å². The number of nitrogens with one attached hydrogen (secondary N) is 1. The van der Waals surface area contributed by atoms with E-state index < -0.39 is 17.2 Å². The number of hydrogen-bond acceptors (Lipinski definition) is 8. The Morgan fingerprint density at radius 3 is 2.42 bits per heavy atom. The summed E-state index contributed by atoms with van der Waals surface area (Å²) in [7, 11) is 1.36. The molecule has 2 aromatic rings. The second-order valence-electron chi connectivity index (χ2n) is 8.30. The summed E-state index contributed by atoms with van der Waals surface area (Å²) < 4.78 is 24.2. The molecule has 182 valence electrons. The number of nitrogens with zero attached hydrogens (tertiary/aromatic N) is 2. The molecule has 1 aromatic heterocycles. The van der Waals surface area contributed by atoms with Gasteiger partial charge in [0.2, 0.25) is 5.78 Å². The van der Waals surface area contributed by atoms with Crippen LogP contribution in [0, 0.1) is 5.82 Å². The quantitative estimate of drug-likeness (QED) is 0.584. The largest absolute Gasteiger partial charge is 0.494 e. The first-order valence-electron chi connectivity index (χ1n) is 11.0. The molecule has 0 atom stereocenters. The van der Waals surface area contributed by atoms with E-state index in [0.29, 0.717) is 31.1 Å². The van der Waals surface area contributed by atoms with E-state index in [0.717, 1.165) is 17.4 Å². The van der Waals surface area contributed by atoms with Gasteiger partial charge in [0.15, 0.2) is 16.7 Å². The van der Waals surface area contributed by atoms with Crippen LogP contribution in [-0.4, -0.2) is 53.6 Å². The third kappa shape index (κ3) is 7.05. The van der Waals surface area contributed by atoms with Gasteiger partial charge in [-0.1, -0.05) is 25.2 Å². The standard InChI is InChI=1S/C21H27FN4O4S.C2H6/c1-21(2,3)30-20(28)26-9-7-13(8-10-26)24-19-25-18(23)17(31-19)16(27)12-5-6-15(29-4)14(22)11-12;1-2/h5-6,11,13H,7-10,23H2,1-4H3,(H,24,25);1-2H3. The van der Waals surface area contributed by atoms with Crippen molar-refractivity contribution in [2.45, 2.75) is 59.1 Å². The number of benzene rings is 1. The lowest BCUT2D eigenvalue weighted by Crippen LogP contribution is -2.44. The van der Waals surface area contributed by atoms with Gasteiger partial charge in [-0.05, 0) is 51.8 Å². The minimum atomic E-state index is -0.619. The Balaban J connectivity index is 0.00000187. The first-order valence-corrected chi connectivity index (χ1v) is 11.8. The summed E-state index contributed by atoms with van der Waals surface area (Å²) in [5, 5.41) is 3.81. The van der Waals surface area contributed by atoms with E-state index >= 15 is 0 Å². The SMILES string of the molecule is CC.COc1ccc(C(=O)c2sc(NC3CCN(C(=O)OC(C)(C)C)CC3)nc2N)cc1F. The van der Waals surface area contributed by atoms with Crippen molar-refractivity contribution in [1.29, 1.82) is 0 Å². The molecule has 3 rings (SSSR count). The van der Waals surface area contributed by atoms with Crippen LogP contribution in [0.4, 0.5) is 20.1 Å². The van der Waals surface area contributed by atoms with Crippen LogP contribution in [0.1, 0.15) is 62.7 Å². The highest BCUT2D eigenvalue weighted by Crippen LogP contribution is 2.30. The lowest BCUT2D eigenvalue weighted by Gasteiger charge is -2.33. The summed E-state index contributed by atoms with van der Waals surface area (Å²) >= 11 is 1.13. The predicted molar refractivity (Wildman–Crippen MR) is 129 cm³/mol. The van der Waals surface area contributed by atoms with E-state index in [2.05, 4.69) is 10.3 Å². The number of nitrogens with two attached hydrogens (primary N) is 1. The van der Waals surface area contributed by atoms with Gasteiger partial charge in [-0.3, -0.25) is 4.79 Å². The van der Waals surface area contributed by atoms with Gasteiger partial charge >= 0.3 is 6.09 Å². The molecule has 3 N–H and O–H groups in total. The normalized spacial score (nSPS) is 14.2. The van der Waals surface area contributed by atoms with Gasteiger partial charge in [0.25, 0.3) is 0 Å². The molecule has 1 fully saturated rings. The summed E-state index contributed by atoms with van der Waals surface area (Å²) in [6, 6.07) is 4.10. The first-order chi connectivity index (χ1) is 15.6. The maximum absolute atomic E-state index is 14.0. The van der Waals surface area contributed by atoms with Crippen LogP contribution in [0.5, 0.6) is 5.75 Å². The monoisotopic (exact) mass is 480 g/mol. The molecular formula is C23H33FN4O4S. The number of nitrogen functional groups attached to an aromatic ring is 1. The van der Waals surface area contributed by atoms with Crippen LogP contribution in [0.3, 0.4) is 0 Å². The summed E-state index contributed by atoms with van der Waals surface area (Å²) in [6.07, 6.45) is 1.11. The second kappa shape index (κ2) is 11.3. The molecule has 0 spiro atoms. The lowest BCUT2D eigenvalue weighted by molar-refractivity contribution is 0.0210. The van der Waals surface area contributed by atoms with Gasteiger partial charge in [-0.2, -0.15) is 0 Å². The number of halogens is 1. The average Bonchev–Trinajstić information content (AvgIpc) is 3.13. The molecule has 1 aliphatic heterocycles. The zero-order valence-corrected chi connectivity index (χ0v) is 20.8. The minimum absolute atomic E-state index is 0.0638. The fraction of sp³-hybridized carbons (Fsp3) is 0.522. The smallest absolute Gasteiger partial charge is 0.410 e. The molecule has 8 nitrogen and oxygen atoms in total. The number of ketones is 1. The van der Waals surface area contributed by atoms with Crippen molar-refractivity contribution in [1.82, 2.24) is 9.88 Å². The number of amides is 1. The van der Waals surface area contributed by atoms with E-state index in [1.165, 1.54) is 19.2 Å². The molecule has 1 aromatic carbocycles. The molecule has 0 radical (unpaired) electrons. The number of anilines is 2. The topological polar surface area (TPSA) is 107 Å². The van der Waals surface area contributed by atoms with Crippen LogP contribution < -0.4 is 15.8 Å². The molecule has 1 aliphatic rings. The summed E-state index contributed by atoms with van der Waals surface area (Å²) in [5.74, 6) is -0.857. The number of aromatic nitrogens is 1. The third-order valence-corrected chi connectivity index (χ3v) is 5.75. The molecule has 33 heavy (non-hydrogen) atoms. The van der Waals surface area contributed by atoms with E-state index in [1.807, 2.05) is 34.6 Å². The van der Waals surface area contributed by atoms with Crippen molar-refractivity contribution in [3.63, 3.8) is 0 Å². The highest BCUT2D eigenvalue weighted by Gasteiger charge is 2.28. The fourth-order valence-corrected chi connectivity index (χ4v) is 4.13. The van der Waals surface area contributed by atoms with E-state index in [1.54, 1.807) is 4.90 Å². The zero-order valence-electron chi connectivity index (χ0n) is 20.0. The number of carbonyl (C=O) groups is 2. The summed E-state index contributed by atoms with van der Waals surface area (Å²) in [5.41, 5.74) is 5.59. The van der Waals surface area contributed by atoms with Crippen LogP contribution in [0.25, 0.3) is 0 Å². The van der Waals surface area contributed by atoms with Gasteiger partial charge in [0, 0.05) is 24.7 Å². The van der Waals surface area contributed by atoms with Crippen molar-refractivity contribution in [3.8, 4) is 5.75 Å². The molecule has 0 bridgehead atoms. The molecule has 1 saturated heterocycles. The maximum atomic E-state index is 14.0. The number of hydrogen-bond donors (Lipinski definition) is 2. The Kier molecular flexibility index (Phi) is 9.04. The van der Waals surface area contributed by atoms with Crippen LogP contribution in [-0.2, 0) is 4.74 Å². The van der Waals surface area contributed by atoms with Crippen LogP contribution in [0.15, 0.2) is 18.2 Å². The van der Waals surface area contributed by atoms with Crippen LogP contribution in [0.2, 0.25) is 0 Å². The predicted octanol–water partition coefficient (Wildman–Crippen LogP) is 4.94. The molecule has 1 amide bonds. The van der Waals surface area contributed by atoms with Gasteiger partial charge in [0.05, 0.1) is 7.11 Å². The molecule has 0 unspecified atom stereocenters. The second-order valence-corrected chi connectivity index (χ2v) is 9.30. The van der Waals surface area contributed by atoms with Crippen LogP contribution >= 0.6 is 11.3 Å². The molecule has 0 aliphatic carbocycles. The Hall–Kier alpha value is -2.88. The summed E-state index contributed by atoms with van der Waals surface area (Å²) in [4.78, 5) is 31.1. The number of piperidine rings is 1. The highest BCUT2D eigenvalue weighted by molar-refractivity contribution is 7.18. The number of methoxy groups -OCH3 is 1. The number of rotatable bonds is 5. The van der Waals surface area contributed by atoms with E-state index in [-0.39, 0.29) is 34.1 Å². The number of thiazole rings is 1. The number of carbonyl (C=O) groups excluding carboxylic acids is 2. The van der Waals surface area contributed by atoms with Crippen molar-refractivity contribution in [2.24, 2.45) is 0 Å². The minimum Gasteiger partial charge on any atom is -0.494 e. The molecular weight excluding hydrogens is 447 g/mol. The number of ether oxygens (including phenoxy) is 2. The Bertz CT molecular complexity index is 966. The third-order valence-electron chi connectivity index (χ3n) is 4.75.